The Bertz CT molecular complexity index is 613. The van der Waals surface area contributed by atoms with Gasteiger partial charge in [-0.25, -0.2) is 0 Å². The molecular weight excluding hydrogens is 328 g/mol. The molecule has 1 heterocycles. The Labute approximate surface area is 134 Å². The molecule has 0 bridgehead atoms. The van der Waals surface area contributed by atoms with Crippen molar-refractivity contribution >= 4 is 21.6 Å². The fourth-order valence-corrected chi connectivity index (χ4v) is 3.02. The molecule has 112 valence electrons. The van der Waals surface area contributed by atoms with Gasteiger partial charge in [-0.1, -0.05) is 28.1 Å². The first-order chi connectivity index (χ1) is 10.0. The van der Waals surface area contributed by atoms with Gasteiger partial charge in [-0.15, -0.1) is 0 Å². The van der Waals surface area contributed by atoms with E-state index in [0.29, 0.717) is 0 Å². The van der Waals surface area contributed by atoms with E-state index in [4.69, 9.17) is 0 Å². The zero-order valence-corrected chi connectivity index (χ0v) is 14.3. The monoisotopic (exact) mass is 348 g/mol. The van der Waals surface area contributed by atoms with Crippen molar-refractivity contribution in [1.29, 1.82) is 0 Å². The fraction of sp³-hybridized carbons (Fsp3) is 0.353. The van der Waals surface area contributed by atoms with Crippen LogP contribution < -0.4 is 4.90 Å². The van der Waals surface area contributed by atoms with Gasteiger partial charge in [0, 0.05) is 22.4 Å². The van der Waals surface area contributed by atoms with Crippen LogP contribution in [0.5, 0.6) is 0 Å². The molecule has 0 aliphatic rings. The standard InChI is InChI=1S/C17H21BrN2O/c1-4-20(11-14-7-5-6-12(2)19-14)15-8-9-16(13(3)21)17(18)10-15/h5-10,13,21H,4,11H2,1-3H3/t13-/m1/s1. The van der Waals surface area contributed by atoms with Crippen molar-refractivity contribution in [2.45, 2.75) is 33.4 Å². The van der Waals surface area contributed by atoms with Crippen molar-refractivity contribution in [2.24, 2.45) is 0 Å². The molecule has 1 N–H and O–H groups in total. The number of aromatic nitrogens is 1. The molecule has 1 aromatic carbocycles. The molecular formula is C17H21BrN2O. The smallest absolute Gasteiger partial charge is 0.0772 e. The maximum Gasteiger partial charge on any atom is 0.0772 e. The van der Waals surface area contributed by atoms with Crippen molar-refractivity contribution in [3.05, 3.63) is 57.8 Å². The van der Waals surface area contributed by atoms with Crippen molar-refractivity contribution in [2.75, 3.05) is 11.4 Å². The minimum Gasteiger partial charge on any atom is -0.389 e. The van der Waals surface area contributed by atoms with Crippen LogP contribution in [0.2, 0.25) is 0 Å². The minimum absolute atomic E-state index is 0.470. The number of hydrogen-bond acceptors (Lipinski definition) is 3. The summed E-state index contributed by atoms with van der Waals surface area (Å²) in [4.78, 5) is 6.82. The summed E-state index contributed by atoms with van der Waals surface area (Å²) < 4.78 is 0.936. The first-order valence-corrected chi connectivity index (χ1v) is 7.95. The molecule has 0 saturated carbocycles. The average molecular weight is 349 g/mol. The van der Waals surface area contributed by atoms with E-state index in [1.807, 2.05) is 31.2 Å². The molecule has 0 aliphatic heterocycles. The largest absolute Gasteiger partial charge is 0.389 e. The Morgan fingerprint density at radius 2 is 2.05 bits per heavy atom. The molecule has 0 aliphatic carbocycles. The molecule has 0 saturated heterocycles. The number of hydrogen-bond donors (Lipinski definition) is 1. The fourth-order valence-electron chi connectivity index (χ4n) is 2.32. The highest BCUT2D eigenvalue weighted by molar-refractivity contribution is 9.10. The maximum atomic E-state index is 9.70. The second-order valence-corrected chi connectivity index (χ2v) is 6.02. The van der Waals surface area contributed by atoms with Gasteiger partial charge >= 0.3 is 0 Å². The SMILES string of the molecule is CCN(Cc1cccc(C)n1)c1ccc([C@@H](C)O)c(Br)c1. The lowest BCUT2D eigenvalue weighted by Crippen LogP contribution is -2.22. The van der Waals surface area contributed by atoms with Crippen molar-refractivity contribution in [1.82, 2.24) is 4.98 Å². The quantitative estimate of drug-likeness (QED) is 0.878. The predicted molar refractivity (Wildman–Crippen MR) is 90.5 cm³/mol. The third-order valence-electron chi connectivity index (χ3n) is 3.48. The van der Waals surface area contributed by atoms with Crippen LogP contribution in [0.15, 0.2) is 40.9 Å². The first-order valence-electron chi connectivity index (χ1n) is 7.16. The van der Waals surface area contributed by atoms with Gasteiger partial charge in [-0.2, -0.15) is 0 Å². The summed E-state index contributed by atoms with van der Waals surface area (Å²) in [6.45, 7) is 7.59. The number of aryl methyl sites for hydroxylation is 1. The van der Waals surface area contributed by atoms with E-state index < -0.39 is 6.10 Å². The average Bonchev–Trinajstić information content (AvgIpc) is 2.44. The van der Waals surface area contributed by atoms with E-state index in [2.05, 4.69) is 44.9 Å². The zero-order valence-electron chi connectivity index (χ0n) is 12.7. The van der Waals surface area contributed by atoms with E-state index in [-0.39, 0.29) is 0 Å². The van der Waals surface area contributed by atoms with Crippen LogP contribution in [0.4, 0.5) is 5.69 Å². The molecule has 1 aromatic heterocycles. The topological polar surface area (TPSA) is 36.4 Å². The third-order valence-corrected chi connectivity index (χ3v) is 4.17. The van der Waals surface area contributed by atoms with Gasteiger partial charge in [0.05, 0.1) is 18.3 Å². The van der Waals surface area contributed by atoms with Gasteiger partial charge in [-0.3, -0.25) is 4.98 Å². The molecule has 2 aromatic rings. The molecule has 0 spiro atoms. The molecule has 3 nitrogen and oxygen atoms in total. The van der Waals surface area contributed by atoms with E-state index in [9.17, 15) is 5.11 Å². The van der Waals surface area contributed by atoms with E-state index in [0.717, 1.165) is 40.2 Å². The third kappa shape index (κ3) is 4.05. The molecule has 1 atom stereocenters. The second kappa shape index (κ2) is 7.05. The molecule has 21 heavy (non-hydrogen) atoms. The summed E-state index contributed by atoms with van der Waals surface area (Å²) >= 11 is 3.54. The lowest BCUT2D eigenvalue weighted by molar-refractivity contribution is 0.198. The van der Waals surface area contributed by atoms with Gasteiger partial charge in [-0.05, 0) is 50.6 Å². The summed E-state index contributed by atoms with van der Waals surface area (Å²) in [6, 6.07) is 12.2. The Balaban J connectivity index is 2.23. The number of pyridine rings is 1. The Hall–Kier alpha value is -1.39. The van der Waals surface area contributed by atoms with Crippen molar-refractivity contribution < 1.29 is 5.11 Å². The van der Waals surface area contributed by atoms with Gasteiger partial charge in [0.25, 0.3) is 0 Å². The number of aliphatic hydroxyl groups excluding tert-OH is 1. The van der Waals surface area contributed by atoms with Gasteiger partial charge in [0.1, 0.15) is 0 Å². The van der Waals surface area contributed by atoms with Crippen LogP contribution in [0.25, 0.3) is 0 Å². The maximum absolute atomic E-state index is 9.70. The van der Waals surface area contributed by atoms with Gasteiger partial charge < -0.3 is 10.0 Å². The summed E-state index contributed by atoms with van der Waals surface area (Å²) in [5, 5.41) is 9.70. The van der Waals surface area contributed by atoms with Crippen molar-refractivity contribution in [3.63, 3.8) is 0 Å². The van der Waals surface area contributed by atoms with E-state index in [1.165, 1.54) is 0 Å². The number of aliphatic hydroxyl groups is 1. The zero-order chi connectivity index (χ0) is 15.4. The number of benzene rings is 1. The summed E-state index contributed by atoms with van der Waals surface area (Å²) in [5.41, 5.74) is 4.13. The van der Waals surface area contributed by atoms with Crippen LogP contribution in [-0.2, 0) is 6.54 Å². The normalized spacial score (nSPS) is 12.2. The van der Waals surface area contributed by atoms with E-state index >= 15 is 0 Å². The predicted octanol–water partition coefficient (Wildman–Crippen LogP) is 4.23. The molecule has 0 amide bonds. The Kier molecular flexibility index (Phi) is 5.37. The summed E-state index contributed by atoms with van der Waals surface area (Å²) in [7, 11) is 0. The van der Waals surface area contributed by atoms with E-state index in [1.54, 1.807) is 6.92 Å². The lowest BCUT2D eigenvalue weighted by Gasteiger charge is -2.24. The highest BCUT2D eigenvalue weighted by atomic mass is 79.9. The number of halogens is 1. The van der Waals surface area contributed by atoms with Crippen LogP contribution in [0.3, 0.4) is 0 Å². The molecule has 0 radical (unpaired) electrons. The highest BCUT2D eigenvalue weighted by Gasteiger charge is 2.11. The highest BCUT2D eigenvalue weighted by Crippen LogP contribution is 2.28. The number of rotatable bonds is 5. The summed E-state index contributed by atoms with van der Waals surface area (Å²) in [6.07, 6.45) is -0.470. The minimum atomic E-state index is -0.470. The lowest BCUT2D eigenvalue weighted by atomic mass is 10.1. The second-order valence-electron chi connectivity index (χ2n) is 5.17. The van der Waals surface area contributed by atoms with Gasteiger partial charge in [0.15, 0.2) is 0 Å². The Morgan fingerprint density at radius 1 is 1.29 bits per heavy atom. The van der Waals surface area contributed by atoms with Crippen LogP contribution in [0, 0.1) is 6.92 Å². The van der Waals surface area contributed by atoms with Gasteiger partial charge in [0.2, 0.25) is 0 Å². The summed E-state index contributed by atoms with van der Waals surface area (Å²) in [5.74, 6) is 0. The molecule has 0 unspecified atom stereocenters. The molecule has 0 fully saturated rings. The first kappa shape index (κ1) is 16.0. The number of anilines is 1. The van der Waals surface area contributed by atoms with Crippen LogP contribution in [0.1, 0.15) is 36.9 Å². The van der Waals surface area contributed by atoms with Crippen LogP contribution >= 0.6 is 15.9 Å². The Morgan fingerprint density at radius 3 is 2.62 bits per heavy atom. The van der Waals surface area contributed by atoms with Crippen molar-refractivity contribution in [3.8, 4) is 0 Å². The number of nitrogens with zero attached hydrogens (tertiary/aromatic N) is 2. The molecule has 4 heteroatoms. The van der Waals surface area contributed by atoms with Crippen LogP contribution in [-0.4, -0.2) is 16.6 Å². The molecule has 2 rings (SSSR count).